The van der Waals surface area contributed by atoms with Gasteiger partial charge < -0.3 is 20.3 Å². The number of urea groups is 1. The maximum atomic E-state index is 12.6. The van der Waals surface area contributed by atoms with Crippen LogP contribution in [-0.2, 0) is 0 Å². The Balaban J connectivity index is 1.68. The summed E-state index contributed by atoms with van der Waals surface area (Å²) in [6, 6.07) is 7.71. The lowest BCUT2D eigenvalue weighted by atomic mass is 10.00. The molecule has 6 heteroatoms. The standard InChI is InChI=1S/C17H24N4O2/c1-12(16-19-14-7-2-3-8-15(14)20-16)18-17(23)21-10-5-4-6-13(21)9-11-22/h2-3,7-8,12-13,22H,4-6,9-11H2,1H3,(H,18,23)(H,19,20). The lowest BCUT2D eigenvalue weighted by Gasteiger charge is -2.36. The first-order valence-electron chi connectivity index (χ1n) is 8.31. The van der Waals surface area contributed by atoms with Gasteiger partial charge in [-0.15, -0.1) is 0 Å². The lowest BCUT2D eigenvalue weighted by Crippen LogP contribution is -2.49. The van der Waals surface area contributed by atoms with E-state index in [1.54, 1.807) is 0 Å². The van der Waals surface area contributed by atoms with Crippen molar-refractivity contribution < 1.29 is 9.90 Å². The summed E-state index contributed by atoms with van der Waals surface area (Å²) >= 11 is 0. The summed E-state index contributed by atoms with van der Waals surface area (Å²) in [5, 5.41) is 12.2. The average molecular weight is 316 g/mol. The molecule has 6 nitrogen and oxygen atoms in total. The number of hydrogen-bond donors (Lipinski definition) is 3. The number of amides is 2. The fourth-order valence-electron chi connectivity index (χ4n) is 3.23. The lowest BCUT2D eigenvalue weighted by molar-refractivity contribution is 0.129. The molecule has 124 valence electrons. The van der Waals surface area contributed by atoms with Crippen LogP contribution in [0.25, 0.3) is 11.0 Å². The zero-order valence-corrected chi connectivity index (χ0v) is 13.5. The first-order chi connectivity index (χ1) is 11.2. The molecule has 1 aliphatic rings. The number of benzene rings is 1. The SMILES string of the molecule is CC(NC(=O)N1CCCCC1CCO)c1nc2ccccc2[nH]1. The highest BCUT2D eigenvalue weighted by molar-refractivity contribution is 5.76. The number of carbonyl (C=O) groups is 1. The van der Waals surface area contributed by atoms with Crippen LogP contribution < -0.4 is 5.32 Å². The number of fused-ring (bicyclic) bond motifs is 1. The first kappa shape index (κ1) is 15.8. The number of aliphatic hydroxyl groups excluding tert-OH is 1. The number of aliphatic hydroxyl groups is 1. The van der Waals surface area contributed by atoms with Crippen molar-refractivity contribution in [1.29, 1.82) is 0 Å². The monoisotopic (exact) mass is 316 g/mol. The Morgan fingerprint density at radius 2 is 2.30 bits per heavy atom. The van der Waals surface area contributed by atoms with Gasteiger partial charge in [0.2, 0.25) is 0 Å². The molecule has 3 N–H and O–H groups in total. The zero-order chi connectivity index (χ0) is 16.2. The number of aromatic nitrogens is 2. The summed E-state index contributed by atoms with van der Waals surface area (Å²) in [7, 11) is 0. The van der Waals surface area contributed by atoms with Gasteiger partial charge in [-0.3, -0.25) is 0 Å². The van der Waals surface area contributed by atoms with E-state index in [2.05, 4.69) is 15.3 Å². The van der Waals surface area contributed by atoms with Gasteiger partial charge in [-0.2, -0.15) is 0 Å². The first-order valence-corrected chi connectivity index (χ1v) is 8.31. The highest BCUT2D eigenvalue weighted by atomic mass is 16.3. The van der Waals surface area contributed by atoms with E-state index >= 15 is 0 Å². The van der Waals surface area contributed by atoms with Gasteiger partial charge in [0, 0.05) is 19.2 Å². The van der Waals surface area contributed by atoms with Crippen LogP contribution in [-0.4, -0.2) is 45.2 Å². The van der Waals surface area contributed by atoms with E-state index in [0.717, 1.165) is 42.7 Å². The van der Waals surface area contributed by atoms with Crippen LogP contribution in [0.5, 0.6) is 0 Å². The van der Waals surface area contributed by atoms with Crippen LogP contribution >= 0.6 is 0 Å². The number of para-hydroxylation sites is 2. The normalized spacial score (nSPS) is 19.7. The number of nitrogens with zero attached hydrogens (tertiary/aromatic N) is 2. The van der Waals surface area contributed by atoms with Gasteiger partial charge in [-0.1, -0.05) is 12.1 Å². The van der Waals surface area contributed by atoms with E-state index in [0.29, 0.717) is 6.42 Å². The number of aromatic amines is 1. The zero-order valence-electron chi connectivity index (χ0n) is 13.5. The van der Waals surface area contributed by atoms with E-state index in [1.807, 2.05) is 36.1 Å². The highest BCUT2D eigenvalue weighted by Crippen LogP contribution is 2.21. The van der Waals surface area contributed by atoms with Crippen molar-refractivity contribution >= 4 is 17.1 Å². The second-order valence-corrected chi connectivity index (χ2v) is 6.17. The minimum atomic E-state index is -0.188. The Morgan fingerprint density at radius 3 is 3.09 bits per heavy atom. The Bertz CT molecular complexity index is 634. The van der Waals surface area contributed by atoms with Gasteiger partial charge in [-0.25, -0.2) is 9.78 Å². The van der Waals surface area contributed by atoms with E-state index in [1.165, 1.54) is 0 Å². The number of carbonyl (C=O) groups excluding carboxylic acids is 1. The fraction of sp³-hybridized carbons (Fsp3) is 0.529. The topological polar surface area (TPSA) is 81.2 Å². The molecule has 1 fully saturated rings. The second kappa shape index (κ2) is 7.00. The summed E-state index contributed by atoms with van der Waals surface area (Å²) in [5.41, 5.74) is 1.87. The van der Waals surface area contributed by atoms with Crippen molar-refractivity contribution in [1.82, 2.24) is 20.2 Å². The molecule has 2 atom stereocenters. The molecule has 1 aliphatic heterocycles. The second-order valence-electron chi connectivity index (χ2n) is 6.17. The van der Waals surface area contributed by atoms with Crippen molar-refractivity contribution in [2.75, 3.05) is 13.2 Å². The Kier molecular flexibility index (Phi) is 4.81. The number of likely N-dealkylation sites (tertiary alicyclic amines) is 1. The van der Waals surface area contributed by atoms with E-state index in [4.69, 9.17) is 0 Å². The number of hydrogen-bond acceptors (Lipinski definition) is 3. The van der Waals surface area contributed by atoms with E-state index in [-0.39, 0.29) is 24.7 Å². The van der Waals surface area contributed by atoms with Gasteiger partial charge in [0.05, 0.1) is 17.1 Å². The molecule has 1 saturated heterocycles. The van der Waals surface area contributed by atoms with Gasteiger partial charge in [0.25, 0.3) is 0 Å². The average Bonchev–Trinajstić information content (AvgIpc) is 3.00. The highest BCUT2D eigenvalue weighted by Gasteiger charge is 2.27. The van der Waals surface area contributed by atoms with Crippen LogP contribution in [0.2, 0.25) is 0 Å². The van der Waals surface area contributed by atoms with Crippen molar-refractivity contribution in [2.45, 2.75) is 44.7 Å². The maximum absolute atomic E-state index is 12.6. The van der Waals surface area contributed by atoms with Gasteiger partial charge >= 0.3 is 6.03 Å². The van der Waals surface area contributed by atoms with E-state index in [9.17, 15) is 9.90 Å². The fourth-order valence-corrected chi connectivity index (χ4v) is 3.23. The Hall–Kier alpha value is -2.08. The number of nitrogens with one attached hydrogen (secondary N) is 2. The van der Waals surface area contributed by atoms with E-state index < -0.39 is 0 Å². The molecule has 0 aliphatic carbocycles. The molecule has 0 saturated carbocycles. The molecule has 1 aromatic heterocycles. The molecule has 2 amide bonds. The third kappa shape index (κ3) is 3.47. The Morgan fingerprint density at radius 1 is 1.48 bits per heavy atom. The quantitative estimate of drug-likeness (QED) is 0.811. The van der Waals surface area contributed by atoms with Crippen molar-refractivity contribution in [2.24, 2.45) is 0 Å². The van der Waals surface area contributed by atoms with Crippen molar-refractivity contribution in [3.63, 3.8) is 0 Å². The molecule has 2 aromatic rings. The molecule has 0 radical (unpaired) electrons. The van der Waals surface area contributed by atoms with Gasteiger partial charge in [0.15, 0.2) is 0 Å². The smallest absolute Gasteiger partial charge is 0.318 e. The van der Waals surface area contributed by atoms with Crippen molar-refractivity contribution in [3.8, 4) is 0 Å². The summed E-state index contributed by atoms with van der Waals surface area (Å²) in [4.78, 5) is 22.2. The molecule has 3 rings (SSSR count). The van der Waals surface area contributed by atoms with Crippen LogP contribution in [0.4, 0.5) is 4.79 Å². The summed E-state index contributed by atoms with van der Waals surface area (Å²) < 4.78 is 0. The van der Waals surface area contributed by atoms with Crippen LogP contribution in [0.3, 0.4) is 0 Å². The summed E-state index contributed by atoms with van der Waals surface area (Å²) in [6.07, 6.45) is 3.75. The molecule has 0 spiro atoms. The number of rotatable bonds is 4. The summed E-state index contributed by atoms with van der Waals surface area (Å²) in [6.45, 7) is 2.80. The van der Waals surface area contributed by atoms with Crippen LogP contribution in [0.1, 0.15) is 44.5 Å². The molecule has 0 bridgehead atoms. The number of H-pyrrole nitrogens is 1. The minimum Gasteiger partial charge on any atom is -0.396 e. The molecule has 1 aromatic carbocycles. The Labute approximate surface area is 135 Å². The minimum absolute atomic E-state index is 0.0730. The number of piperidine rings is 1. The molecular weight excluding hydrogens is 292 g/mol. The third-order valence-corrected chi connectivity index (χ3v) is 4.51. The number of imidazole rings is 1. The molecule has 2 heterocycles. The molecular formula is C17H24N4O2. The molecule has 23 heavy (non-hydrogen) atoms. The third-order valence-electron chi connectivity index (χ3n) is 4.51. The van der Waals surface area contributed by atoms with Crippen LogP contribution in [0.15, 0.2) is 24.3 Å². The predicted octanol–water partition coefficient (Wildman–Crippen LogP) is 2.57. The van der Waals surface area contributed by atoms with Gasteiger partial charge in [0.1, 0.15) is 5.82 Å². The molecule has 2 unspecified atom stereocenters. The maximum Gasteiger partial charge on any atom is 0.318 e. The van der Waals surface area contributed by atoms with Gasteiger partial charge in [-0.05, 0) is 44.7 Å². The largest absolute Gasteiger partial charge is 0.396 e. The predicted molar refractivity (Wildman–Crippen MR) is 89.1 cm³/mol. The van der Waals surface area contributed by atoms with Crippen molar-refractivity contribution in [3.05, 3.63) is 30.1 Å². The summed E-state index contributed by atoms with van der Waals surface area (Å²) in [5.74, 6) is 0.760. The van der Waals surface area contributed by atoms with Crippen LogP contribution in [0, 0.1) is 0 Å².